The molecule has 0 bridgehead atoms. The summed E-state index contributed by atoms with van der Waals surface area (Å²) >= 11 is 9.65. The molecule has 5 heteroatoms. The first-order valence-electron chi connectivity index (χ1n) is 2.29. The van der Waals surface area contributed by atoms with Gasteiger partial charge in [-0.1, -0.05) is 0 Å². The Morgan fingerprint density at radius 2 is 2.10 bits per heavy atom. The van der Waals surface area contributed by atoms with Crippen LogP contribution in [0.25, 0.3) is 0 Å². The first-order chi connectivity index (χ1) is 4.66. The quantitative estimate of drug-likeness (QED) is 0.719. The molecule has 0 atom stereocenters. The van der Waals surface area contributed by atoms with Gasteiger partial charge in [0.25, 0.3) is 0 Å². The third kappa shape index (κ3) is 1.29. The van der Waals surface area contributed by atoms with Gasteiger partial charge in [-0.05, 0) is 31.9 Å². The number of aromatic nitrogens is 1. The Balaban J connectivity index is 3.37. The van der Waals surface area contributed by atoms with Gasteiger partial charge in [0.15, 0.2) is 0 Å². The normalized spacial score (nSPS) is 9.40. The number of hydrogen-bond donors (Lipinski definition) is 0. The minimum Gasteiger partial charge on any atom is -0.275 e. The van der Waals surface area contributed by atoms with Crippen LogP contribution >= 0.6 is 48.0 Å². The molecule has 0 amide bonds. The molecule has 0 radical (unpaired) electrons. The lowest BCUT2D eigenvalue weighted by molar-refractivity contribution is 1.27. The Morgan fingerprint density at radius 3 is 2.30 bits per heavy atom. The molecule has 0 fully saturated rings. The summed E-state index contributed by atoms with van der Waals surface area (Å²) in [5, 5.41) is 8.57. The molecule has 1 rings (SSSR count). The van der Waals surface area contributed by atoms with Crippen molar-refractivity contribution >= 4 is 48.0 Å². The van der Waals surface area contributed by atoms with Gasteiger partial charge in [-0.3, -0.25) is 3.59 Å². The van der Waals surface area contributed by atoms with Crippen LogP contribution in [-0.4, -0.2) is 3.59 Å². The van der Waals surface area contributed by atoms with Gasteiger partial charge in [-0.2, -0.15) is 5.26 Å². The fourth-order valence-electron chi connectivity index (χ4n) is 0.526. The van der Waals surface area contributed by atoms with E-state index < -0.39 is 0 Å². The molecule has 0 saturated carbocycles. The highest BCUT2D eigenvalue weighted by atomic mass is 79.9. The summed E-state index contributed by atoms with van der Waals surface area (Å²) in [5.41, 5.74) is 0.594. The minimum atomic E-state index is 0.594. The second-order valence-corrected chi connectivity index (χ2v) is 3.94. The standard InChI is InChI=1S/C5HBr3N2/c6-4-2-10(8)5(7)3(4)1-9/h2H. The summed E-state index contributed by atoms with van der Waals surface area (Å²) in [6, 6.07) is 2.04. The monoisotopic (exact) mass is 326 g/mol. The number of hydrogen-bond acceptors (Lipinski definition) is 1. The van der Waals surface area contributed by atoms with E-state index >= 15 is 0 Å². The molecule has 1 aromatic rings. The molecule has 0 aliphatic rings. The molecule has 0 saturated heterocycles. The van der Waals surface area contributed by atoms with Crippen LogP contribution in [0.5, 0.6) is 0 Å². The summed E-state index contributed by atoms with van der Waals surface area (Å²) in [5.74, 6) is 0. The van der Waals surface area contributed by atoms with Crippen LogP contribution < -0.4 is 0 Å². The third-order valence-corrected chi connectivity index (χ3v) is 3.39. The molecule has 0 aliphatic heterocycles. The molecule has 52 valence electrons. The molecule has 0 N–H and O–H groups in total. The van der Waals surface area contributed by atoms with E-state index in [1.54, 1.807) is 9.79 Å². The number of halogens is 3. The predicted octanol–water partition coefficient (Wildman–Crippen LogP) is 3.04. The van der Waals surface area contributed by atoms with E-state index in [0.29, 0.717) is 5.56 Å². The van der Waals surface area contributed by atoms with E-state index in [0.717, 1.165) is 9.08 Å². The highest BCUT2D eigenvalue weighted by molar-refractivity contribution is 9.12. The van der Waals surface area contributed by atoms with Crippen LogP contribution in [-0.2, 0) is 0 Å². The maximum absolute atomic E-state index is 8.57. The summed E-state index contributed by atoms with van der Waals surface area (Å²) in [7, 11) is 0. The highest BCUT2D eigenvalue weighted by Gasteiger charge is 2.08. The smallest absolute Gasteiger partial charge is 0.114 e. The minimum absolute atomic E-state index is 0.594. The van der Waals surface area contributed by atoms with Gasteiger partial charge in [0.1, 0.15) is 10.7 Å². The molecule has 1 heterocycles. The van der Waals surface area contributed by atoms with Crippen molar-refractivity contribution in [3.8, 4) is 6.07 Å². The van der Waals surface area contributed by atoms with Crippen molar-refractivity contribution in [2.24, 2.45) is 0 Å². The third-order valence-electron chi connectivity index (χ3n) is 0.971. The fraction of sp³-hybridized carbons (Fsp3) is 0. The maximum atomic E-state index is 8.57. The Bertz CT molecular complexity index is 297. The molecular formula is C5HBr3N2. The molecule has 0 spiro atoms. The molecule has 10 heavy (non-hydrogen) atoms. The van der Waals surface area contributed by atoms with Crippen molar-refractivity contribution in [2.45, 2.75) is 0 Å². The summed E-state index contributed by atoms with van der Waals surface area (Å²) < 4.78 is 3.15. The van der Waals surface area contributed by atoms with E-state index in [2.05, 4.69) is 48.0 Å². The van der Waals surface area contributed by atoms with Crippen LogP contribution in [0.4, 0.5) is 0 Å². The van der Waals surface area contributed by atoms with Gasteiger partial charge in [0.05, 0.1) is 26.2 Å². The first-order valence-corrected chi connectivity index (χ1v) is 4.59. The van der Waals surface area contributed by atoms with Crippen molar-refractivity contribution in [2.75, 3.05) is 0 Å². The van der Waals surface area contributed by atoms with E-state index in [9.17, 15) is 0 Å². The van der Waals surface area contributed by atoms with Crippen LogP contribution in [0, 0.1) is 11.3 Å². The van der Waals surface area contributed by atoms with Gasteiger partial charge in [0, 0.05) is 6.20 Å². The Hall–Kier alpha value is 0.210. The van der Waals surface area contributed by atoms with Gasteiger partial charge < -0.3 is 0 Å². The highest BCUT2D eigenvalue weighted by Crippen LogP contribution is 2.27. The van der Waals surface area contributed by atoms with Crippen molar-refractivity contribution in [3.05, 3.63) is 20.8 Å². The zero-order valence-corrected chi connectivity index (χ0v) is 9.36. The Labute approximate surface area is 83.4 Å². The van der Waals surface area contributed by atoms with Gasteiger partial charge in [-0.25, -0.2) is 0 Å². The lowest BCUT2D eigenvalue weighted by Crippen LogP contribution is -1.74. The molecular weight excluding hydrogens is 328 g/mol. The second kappa shape index (κ2) is 3.07. The molecule has 0 unspecified atom stereocenters. The first kappa shape index (κ1) is 8.31. The van der Waals surface area contributed by atoms with E-state index in [4.69, 9.17) is 5.26 Å². The van der Waals surface area contributed by atoms with Crippen molar-refractivity contribution < 1.29 is 0 Å². The topological polar surface area (TPSA) is 28.7 Å². The molecule has 0 aliphatic carbocycles. The predicted molar refractivity (Wildman–Crippen MR) is 48.9 cm³/mol. The van der Waals surface area contributed by atoms with Crippen molar-refractivity contribution in [3.63, 3.8) is 0 Å². The van der Waals surface area contributed by atoms with Crippen LogP contribution in [0.2, 0.25) is 0 Å². The second-order valence-electron chi connectivity index (χ2n) is 1.57. The zero-order chi connectivity index (χ0) is 7.72. The SMILES string of the molecule is N#Cc1c(Br)cn(Br)c1Br. The number of nitriles is 1. The Kier molecular flexibility index (Phi) is 2.55. The summed E-state index contributed by atoms with van der Waals surface area (Å²) in [6.07, 6.45) is 1.75. The molecule has 1 aromatic heterocycles. The van der Waals surface area contributed by atoms with Gasteiger partial charge in [0.2, 0.25) is 0 Å². The lowest BCUT2D eigenvalue weighted by Gasteiger charge is -1.86. The van der Waals surface area contributed by atoms with Crippen LogP contribution in [0.15, 0.2) is 15.3 Å². The van der Waals surface area contributed by atoms with Crippen molar-refractivity contribution in [1.29, 1.82) is 5.26 Å². The van der Waals surface area contributed by atoms with E-state index in [1.807, 2.05) is 6.07 Å². The zero-order valence-electron chi connectivity index (χ0n) is 4.61. The average molecular weight is 329 g/mol. The number of rotatable bonds is 0. The summed E-state index contributed by atoms with van der Waals surface area (Å²) in [4.78, 5) is 0. The van der Waals surface area contributed by atoms with Gasteiger partial charge >= 0.3 is 0 Å². The average Bonchev–Trinajstić information content (AvgIpc) is 2.09. The molecule has 0 aromatic carbocycles. The van der Waals surface area contributed by atoms with E-state index in [1.165, 1.54) is 0 Å². The van der Waals surface area contributed by atoms with Crippen molar-refractivity contribution in [1.82, 2.24) is 3.59 Å². The molecule has 2 nitrogen and oxygen atoms in total. The fourth-order valence-corrected chi connectivity index (χ4v) is 2.33. The largest absolute Gasteiger partial charge is 0.275 e. The van der Waals surface area contributed by atoms with Crippen LogP contribution in [0.3, 0.4) is 0 Å². The summed E-state index contributed by atoms with van der Waals surface area (Å²) in [6.45, 7) is 0. The maximum Gasteiger partial charge on any atom is 0.114 e. The van der Waals surface area contributed by atoms with Gasteiger partial charge in [-0.15, -0.1) is 0 Å². The Morgan fingerprint density at radius 1 is 1.50 bits per heavy atom. The lowest BCUT2D eigenvalue weighted by atomic mass is 10.4. The van der Waals surface area contributed by atoms with E-state index in [-0.39, 0.29) is 0 Å². The number of nitrogens with zero attached hydrogens (tertiary/aromatic N) is 2. The van der Waals surface area contributed by atoms with Crippen LogP contribution in [0.1, 0.15) is 5.56 Å².